The third kappa shape index (κ3) is 3.46. The SMILES string of the molecule is [B-][P+](CC(C)(O)c1ccccc1)(c1ccccc1)c1ccccc1. The number of hydrogen-bond acceptors (Lipinski definition) is 1. The van der Waals surface area contributed by atoms with Crippen molar-refractivity contribution in [2.75, 3.05) is 6.16 Å². The van der Waals surface area contributed by atoms with Crippen LogP contribution in [0.1, 0.15) is 12.5 Å². The Bertz CT molecular complexity index is 733. The zero-order valence-electron chi connectivity index (χ0n) is 13.8. The van der Waals surface area contributed by atoms with Gasteiger partial charge in [0.05, 0.1) is 6.16 Å². The van der Waals surface area contributed by atoms with Gasteiger partial charge in [0.15, 0.2) is 0 Å². The van der Waals surface area contributed by atoms with E-state index in [9.17, 15) is 5.11 Å². The monoisotopic (exact) mass is 331 g/mol. The fourth-order valence-electron chi connectivity index (χ4n) is 3.09. The third-order valence-corrected chi connectivity index (χ3v) is 7.94. The Kier molecular flexibility index (Phi) is 4.89. The van der Waals surface area contributed by atoms with E-state index in [2.05, 4.69) is 24.3 Å². The van der Waals surface area contributed by atoms with Crippen LogP contribution in [0.2, 0.25) is 0 Å². The quantitative estimate of drug-likeness (QED) is 0.559. The molecule has 3 radical (unpaired) electrons. The van der Waals surface area contributed by atoms with Gasteiger partial charge in [-0.15, -0.1) is 0 Å². The van der Waals surface area contributed by atoms with E-state index < -0.39 is 12.7 Å². The van der Waals surface area contributed by atoms with Gasteiger partial charge in [0.1, 0.15) is 5.60 Å². The van der Waals surface area contributed by atoms with Crippen LogP contribution in [0.3, 0.4) is 0 Å². The Morgan fingerprint density at radius 1 is 0.750 bits per heavy atom. The second kappa shape index (κ2) is 6.93. The summed E-state index contributed by atoms with van der Waals surface area (Å²) in [4.78, 5) is 0. The summed E-state index contributed by atoms with van der Waals surface area (Å²) in [7, 11) is 4.80. The molecule has 0 heterocycles. The fraction of sp³-hybridized carbons (Fsp3) is 0.143. The van der Waals surface area contributed by atoms with Crippen molar-refractivity contribution in [2.24, 2.45) is 0 Å². The molecule has 3 aromatic carbocycles. The molecule has 0 aliphatic rings. The van der Waals surface area contributed by atoms with Crippen LogP contribution in [0.15, 0.2) is 91.0 Å². The highest BCUT2D eigenvalue weighted by Crippen LogP contribution is 2.55. The highest BCUT2D eigenvalue weighted by molar-refractivity contribution is 8.08. The van der Waals surface area contributed by atoms with Gasteiger partial charge in [-0.2, -0.15) is 7.14 Å². The van der Waals surface area contributed by atoms with E-state index in [1.54, 1.807) is 0 Å². The molecule has 0 aliphatic heterocycles. The third-order valence-electron chi connectivity index (χ3n) is 4.39. The summed E-state index contributed by atoms with van der Waals surface area (Å²) in [5, 5.41) is 13.4. The molecule has 0 aromatic heterocycles. The fourth-order valence-corrected chi connectivity index (χ4v) is 6.32. The van der Waals surface area contributed by atoms with Crippen molar-refractivity contribution in [1.82, 2.24) is 0 Å². The Hall–Kier alpha value is -1.89. The summed E-state index contributed by atoms with van der Waals surface area (Å²) < 4.78 is 0. The molecule has 1 atom stereocenters. The molecule has 3 heteroatoms. The van der Waals surface area contributed by atoms with Gasteiger partial charge < -0.3 is 5.11 Å². The summed E-state index contributed by atoms with van der Waals surface area (Å²) in [5.41, 5.74) is -0.0955. The van der Waals surface area contributed by atoms with Crippen molar-refractivity contribution in [1.29, 1.82) is 0 Å². The maximum Gasteiger partial charge on any atom is 0.117 e. The molecule has 0 saturated carbocycles. The van der Waals surface area contributed by atoms with Gasteiger partial charge in [0.25, 0.3) is 0 Å². The Labute approximate surface area is 146 Å². The smallest absolute Gasteiger partial charge is 0.117 e. The lowest BCUT2D eigenvalue weighted by Crippen LogP contribution is -2.35. The minimum atomic E-state index is -2.21. The first-order valence-electron chi connectivity index (χ1n) is 8.08. The molecule has 3 rings (SSSR count). The zero-order valence-corrected chi connectivity index (χ0v) is 14.7. The zero-order chi connectivity index (χ0) is 17.0. The van der Waals surface area contributed by atoms with Crippen LogP contribution in [-0.4, -0.2) is 18.8 Å². The first kappa shape index (κ1) is 17.0. The van der Waals surface area contributed by atoms with Crippen molar-refractivity contribution in [3.63, 3.8) is 0 Å². The van der Waals surface area contributed by atoms with E-state index in [1.165, 1.54) is 0 Å². The number of hydrogen-bond donors (Lipinski definition) is 1. The maximum absolute atomic E-state index is 11.2. The van der Waals surface area contributed by atoms with Gasteiger partial charge in [-0.3, -0.25) is 7.57 Å². The maximum atomic E-state index is 11.2. The van der Waals surface area contributed by atoms with Crippen molar-refractivity contribution >= 4 is 25.3 Å². The van der Waals surface area contributed by atoms with Crippen LogP contribution in [0.5, 0.6) is 0 Å². The molecule has 119 valence electrons. The highest BCUT2D eigenvalue weighted by Gasteiger charge is 2.35. The van der Waals surface area contributed by atoms with Gasteiger partial charge in [-0.05, 0) is 36.8 Å². The molecule has 1 unspecified atom stereocenters. The van der Waals surface area contributed by atoms with Crippen LogP contribution in [-0.2, 0) is 5.60 Å². The summed E-state index contributed by atoms with van der Waals surface area (Å²) in [6.07, 6.45) is 0.498. The molecule has 0 bridgehead atoms. The minimum absolute atomic E-state index is 0.498. The first-order valence-corrected chi connectivity index (χ1v) is 10.1. The molecular weight excluding hydrogens is 310 g/mol. The molecule has 0 spiro atoms. The van der Waals surface area contributed by atoms with E-state index >= 15 is 0 Å². The summed E-state index contributed by atoms with van der Waals surface area (Å²) >= 11 is 0. The molecule has 0 saturated heterocycles. The predicted octanol–water partition coefficient (Wildman–Crippen LogP) is 3.65. The highest BCUT2D eigenvalue weighted by atomic mass is 31.2. The van der Waals surface area contributed by atoms with Gasteiger partial charge >= 0.3 is 0 Å². The number of benzene rings is 3. The van der Waals surface area contributed by atoms with Gasteiger partial charge in [0.2, 0.25) is 0 Å². The molecule has 0 aliphatic carbocycles. The Morgan fingerprint density at radius 2 is 1.12 bits per heavy atom. The summed E-state index contributed by atoms with van der Waals surface area (Å²) in [6, 6.07) is 30.1. The van der Waals surface area contributed by atoms with E-state index in [4.69, 9.17) is 7.57 Å². The van der Waals surface area contributed by atoms with E-state index in [-0.39, 0.29) is 0 Å². The molecular formula is C21H21BOP. The van der Waals surface area contributed by atoms with Gasteiger partial charge in [0, 0.05) is 10.6 Å². The van der Waals surface area contributed by atoms with Crippen molar-refractivity contribution in [3.05, 3.63) is 96.6 Å². The largest absolute Gasteiger partial charge is 0.382 e. The van der Waals surface area contributed by atoms with E-state index in [0.29, 0.717) is 6.16 Å². The van der Waals surface area contributed by atoms with Crippen molar-refractivity contribution in [2.45, 2.75) is 12.5 Å². The van der Waals surface area contributed by atoms with Crippen LogP contribution in [0, 0.1) is 0 Å². The van der Waals surface area contributed by atoms with Gasteiger partial charge in [-0.1, -0.05) is 66.7 Å². The molecule has 0 fully saturated rings. The second-order valence-electron chi connectivity index (χ2n) is 6.34. The van der Waals surface area contributed by atoms with Crippen LogP contribution in [0.25, 0.3) is 0 Å². The average molecular weight is 331 g/mol. The van der Waals surface area contributed by atoms with E-state index in [1.807, 2.05) is 73.7 Å². The van der Waals surface area contributed by atoms with Crippen LogP contribution >= 0.6 is 7.14 Å². The van der Waals surface area contributed by atoms with E-state index in [0.717, 1.165) is 16.2 Å². The predicted molar refractivity (Wildman–Crippen MR) is 106 cm³/mol. The minimum Gasteiger partial charge on any atom is -0.382 e. The lowest BCUT2D eigenvalue weighted by molar-refractivity contribution is 0.0829. The number of aliphatic hydroxyl groups is 1. The summed E-state index contributed by atoms with van der Waals surface area (Å²) in [5.74, 6) is 0. The molecule has 3 aromatic rings. The van der Waals surface area contributed by atoms with Crippen LogP contribution in [0.4, 0.5) is 0 Å². The average Bonchev–Trinajstić information content (AvgIpc) is 2.63. The molecule has 1 N–H and O–H groups in total. The normalized spacial score (nSPS) is 14.1. The standard InChI is InChI=1S/C21H21BOP/c1-21(23,18-11-5-2-6-12-18)17-24(22,19-13-7-3-8-14-19)20-15-9-4-10-16-20/h2-16,23H,17H2,1H3. The summed E-state index contributed by atoms with van der Waals surface area (Å²) in [6.45, 7) is 1.86. The lowest BCUT2D eigenvalue weighted by Gasteiger charge is -2.42. The first-order chi connectivity index (χ1) is 11.5. The lowest BCUT2D eigenvalue weighted by atomic mass is 9.98. The molecule has 0 amide bonds. The van der Waals surface area contributed by atoms with Crippen molar-refractivity contribution < 1.29 is 5.11 Å². The topological polar surface area (TPSA) is 20.2 Å². The second-order valence-corrected chi connectivity index (χ2v) is 9.42. The Morgan fingerprint density at radius 3 is 1.54 bits per heavy atom. The molecule has 1 nitrogen and oxygen atoms in total. The molecule has 24 heavy (non-hydrogen) atoms. The van der Waals surface area contributed by atoms with Crippen LogP contribution < -0.4 is 10.6 Å². The van der Waals surface area contributed by atoms with Gasteiger partial charge in [-0.25, -0.2) is 0 Å². The number of rotatable bonds is 5. The Balaban J connectivity index is 2.06. The van der Waals surface area contributed by atoms with Crippen molar-refractivity contribution in [3.8, 4) is 0 Å².